The maximum Gasteiger partial charge on any atom is 0.240 e. The molecule has 0 saturated heterocycles. The van der Waals surface area contributed by atoms with E-state index < -0.39 is 10.0 Å². The largest absolute Gasteiger partial charge is 0.311 e. The SMILES string of the molecule is CC(=O)N(CCNS(=O)(=O)c1ccc(Cl)cc1)c1ccccc1C(C)C. The van der Waals surface area contributed by atoms with E-state index in [1.807, 2.05) is 24.3 Å². The van der Waals surface area contributed by atoms with Crippen LogP contribution in [0.2, 0.25) is 5.02 Å². The fourth-order valence-corrected chi connectivity index (χ4v) is 3.81. The number of anilines is 1. The Morgan fingerprint density at radius 2 is 1.73 bits per heavy atom. The summed E-state index contributed by atoms with van der Waals surface area (Å²) in [4.78, 5) is 13.9. The lowest BCUT2D eigenvalue weighted by Gasteiger charge is -2.25. The predicted molar refractivity (Wildman–Crippen MR) is 105 cm³/mol. The minimum atomic E-state index is -3.65. The Bertz CT molecular complexity index is 865. The smallest absolute Gasteiger partial charge is 0.240 e. The molecular weight excluding hydrogens is 372 g/mol. The summed E-state index contributed by atoms with van der Waals surface area (Å²) < 4.78 is 27.2. The van der Waals surface area contributed by atoms with Crippen LogP contribution in [0.25, 0.3) is 0 Å². The molecule has 0 fully saturated rings. The summed E-state index contributed by atoms with van der Waals surface area (Å²) in [6.07, 6.45) is 0. The molecule has 0 radical (unpaired) electrons. The first kappa shape index (κ1) is 20.4. The number of hydrogen-bond acceptors (Lipinski definition) is 3. The zero-order chi connectivity index (χ0) is 19.3. The molecule has 0 saturated carbocycles. The highest BCUT2D eigenvalue weighted by Gasteiger charge is 2.18. The van der Waals surface area contributed by atoms with Crippen LogP contribution in [-0.2, 0) is 14.8 Å². The molecule has 1 N–H and O–H groups in total. The first-order valence-electron chi connectivity index (χ1n) is 8.34. The maximum atomic E-state index is 12.3. The Morgan fingerprint density at radius 3 is 2.31 bits per heavy atom. The number of rotatable bonds is 7. The lowest BCUT2D eigenvalue weighted by Crippen LogP contribution is -2.38. The number of para-hydroxylation sites is 1. The van der Waals surface area contributed by atoms with Crippen molar-refractivity contribution in [3.63, 3.8) is 0 Å². The number of carbonyl (C=O) groups is 1. The van der Waals surface area contributed by atoms with Gasteiger partial charge in [0, 0.05) is 30.7 Å². The monoisotopic (exact) mass is 394 g/mol. The molecule has 0 atom stereocenters. The molecule has 0 aromatic heterocycles. The minimum absolute atomic E-state index is 0.108. The van der Waals surface area contributed by atoms with Gasteiger partial charge in [0.05, 0.1) is 4.90 Å². The maximum absolute atomic E-state index is 12.3. The van der Waals surface area contributed by atoms with Crippen LogP contribution in [0.5, 0.6) is 0 Å². The first-order chi connectivity index (χ1) is 12.2. The number of hydrogen-bond donors (Lipinski definition) is 1. The second kappa shape index (κ2) is 8.66. The quantitative estimate of drug-likeness (QED) is 0.776. The third-order valence-electron chi connectivity index (χ3n) is 3.98. The lowest BCUT2D eigenvalue weighted by atomic mass is 10.0. The fraction of sp³-hybridized carbons (Fsp3) is 0.316. The van der Waals surface area contributed by atoms with Crippen LogP contribution < -0.4 is 9.62 Å². The van der Waals surface area contributed by atoms with Crippen molar-refractivity contribution in [1.29, 1.82) is 0 Å². The summed E-state index contributed by atoms with van der Waals surface area (Å²) in [7, 11) is -3.65. The molecule has 0 heterocycles. The number of nitrogens with zero attached hydrogens (tertiary/aromatic N) is 1. The molecule has 2 aromatic carbocycles. The normalized spacial score (nSPS) is 11.6. The number of sulfonamides is 1. The predicted octanol–water partition coefficient (Wildman–Crippen LogP) is 3.79. The van der Waals surface area contributed by atoms with Gasteiger partial charge < -0.3 is 4.90 Å². The molecule has 0 bridgehead atoms. The van der Waals surface area contributed by atoms with E-state index in [0.29, 0.717) is 5.02 Å². The zero-order valence-corrected chi connectivity index (χ0v) is 16.6. The number of nitrogens with one attached hydrogen (secondary N) is 1. The van der Waals surface area contributed by atoms with Crippen LogP contribution in [0.1, 0.15) is 32.3 Å². The highest BCUT2D eigenvalue weighted by atomic mass is 35.5. The van der Waals surface area contributed by atoms with Crippen molar-refractivity contribution in [3.8, 4) is 0 Å². The van der Waals surface area contributed by atoms with E-state index >= 15 is 0 Å². The molecular formula is C19H23ClN2O3S. The Kier molecular flexibility index (Phi) is 6.81. The van der Waals surface area contributed by atoms with Crippen LogP contribution in [0, 0.1) is 0 Å². The number of carbonyl (C=O) groups excluding carboxylic acids is 1. The van der Waals surface area contributed by atoms with Crippen LogP contribution >= 0.6 is 11.6 Å². The molecule has 1 amide bonds. The first-order valence-corrected chi connectivity index (χ1v) is 10.2. The third-order valence-corrected chi connectivity index (χ3v) is 5.71. The molecule has 7 heteroatoms. The Balaban J connectivity index is 2.13. The molecule has 0 spiro atoms. The molecule has 0 aliphatic carbocycles. The van der Waals surface area contributed by atoms with E-state index in [0.717, 1.165) is 11.3 Å². The van der Waals surface area contributed by atoms with Gasteiger partial charge in [-0.2, -0.15) is 0 Å². The molecule has 2 aromatic rings. The van der Waals surface area contributed by atoms with Gasteiger partial charge in [0.2, 0.25) is 15.9 Å². The molecule has 0 aliphatic rings. The van der Waals surface area contributed by atoms with E-state index in [4.69, 9.17) is 11.6 Å². The van der Waals surface area contributed by atoms with Crippen molar-refractivity contribution in [1.82, 2.24) is 4.72 Å². The summed E-state index contributed by atoms with van der Waals surface area (Å²) in [5.74, 6) is 0.114. The van der Waals surface area contributed by atoms with Crippen LogP contribution in [0.3, 0.4) is 0 Å². The van der Waals surface area contributed by atoms with Crippen LogP contribution in [-0.4, -0.2) is 27.4 Å². The van der Waals surface area contributed by atoms with Gasteiger partial charge in [0.1, 0.15) is 0 Å². The van der Waals surface area contributed by atoms with Crippen LogP contribution in [0.4, 0.5) is 5.69 Å². The van der Waals surface area contributed by atoms with Crippen molar-refractivity contribution >= 4 is 33.2 Å². The van der Waals surface area contributed by atoms with Gasteiger partial charge in [-0.05, 0) is 41.8 Å². The highest BCUT2D eigenvalue weighted by Crippen LogP contribution is 2.27. The lowest BCUT2D eigenvalue weighted by molar-refractivity contribution is -0.116. The molecule has 5 nitrogen and oxygen atoms in total. The number of halogens is 1. The van der Waals surface area contributed by atoms with Gasteiger partial charge in [-0.25, -0.2) is 13.1 Å². The van der Waals surface area contributed by atoms with Crippen molar-refractivity contribution in [2.75, 3.05) is 18.0 Å². The third kappa shape index (κ3) is 5.06. The fourth-order valence-electron chi connectivity index (χ4n) is 2.66. The van der Waals surface area contributed by atoms with E-state index in [-0.39, 0.29) is 29.8 Å². The Hall–Kier alpha value is -1.89. The Labute approximate surface area is 160 Å². The summed E-state index contributed by atoms with van der Waals surface area (Å²) >= 11 is 5.79. The van der Waals surface area contributed by atoms with Gasteiger partial charge >= 0.3 is 0 Å². The van der Waals surface area contributed by atoms with Crippen molar-refractivity contribution < 1.29 is 13.2 Å². The van der Waals surface area contributed by atoms with Gasteiger partial charge in [-0.15, -0.1) is 0 Å². The van der Waals surface area contributed by atoms with Gasteiger partial charge in [-0.1, -0.05) is 43.6 Å². The second-order valence-electron chi connectivity index (χ2n) is 6.24. The zero-order valence-electron chi connectivity index (χ0n) is 15.1. The molecule has 140 valence electrons. The topological polar surface area (TPSA) is 66.5 Å². The molecule has 26 heavy (non-hydrogen) atoms. The van der Waals surface area contributed by atoms with E-state index in [9.17, 15) is 13.2 Å². The average Bonchev–Trinajstić information content (AvgIpc) is 2.58. The summed E-state index contributed by atoms with van der Waals surface area (Å²) in [6, 6.07) is 13.6. The van der Waals surface area contributed by atoms with Crippen LogP contribution in [0.15, 0.2) is 53.4 Å². The van der Waals surface area contributed by atoms with Gasteiger partial charge in [-0.3, -0.25) is 4.79 Å². The molecule has 0 aliphatic heterocycles. The summed E-state index contributed by atoms with van der Waals surface area (Å²) in [6.45, 7) is 5.94. The summed E-state index contributed by atoms with van der Waals surface area (Å²) in [5, 5.41) is 0.469. The number of amides is 1. The Morgan fingerprint density at radius 1 is 1.12 bits per heavy atom. The highest BCUT2D eigenvalue weighted by molar-refractivity contribution is 7.89. The summed E-state index contributed by atoms with van der Waals surface area (Å²) in [5.41, 5.74) is 1.85. The standard InChI is InChI=1S/C19H23ClN2O3S/c1-14(2)18-6-4-5-7-19(18)22(15(3)23)13-12-21-26(24,25)17-10-8-16(20)9-11-17/h4-11,14,21H,12-13H2,1-3H3. The van der Waals surface area contributed by atoms with Gasteiger partial charge in [0.15, 0.2) is 0 Å². The van der Waals surface area contributed by atoms with E-state index in [1.165, 1.54) is 31.2 Å². The van der Waals surface area contributed by atoms with E-state index in [1.54, 1.807) is 4.90 Å². The molecule has 2 rings (SSSR count). The van der Waals surface area contributed by atoms with Crippen molar-refractivity contribution in [2.45, 2.75) is 31.6 Å². The van der Waals surface area contributed by atoms with Crippen molar-refractivity contribution in [3.05, 3.63) is 59.1 Å². The minimum Gasteiger partial charge on any atom is -0.311 e. The van der Waals surface area contributed by atoms with E-state index in [2.05, 4.69) is 18.6 Å². The van der Waals surface area contributed by atoms with Gasteiger partial charge in [0.25, 0.3) is 0 Å². The molecule has 0 unspecified atom stereocenters. The number of benzene rings is 2. The van der Waals surface area contributed by atoms with Crippen molar-refractivity contribution in [2.24, 2.45) is 0 Å². The second-order valence-corrected chi connectivity index (χ2v) is 8.44. The average molecular weight is 395 g/mol.